The highest BCUT2D eigenvalue weighted by Crippen LogP contribution is 2.70. The zero-order valence-electron chi connectivity index (χ0n) is 16.7. The minimum atomic E-state index is -0.253. The van der Waals surface area contributed by atoms with E-state index in [4.69, 9.17) is 4.74 Å². The molecule has 3 nitrogen and oxygen atoms in total. The zero-order chi connectivity index (χ0) is 18.3. The topological polar surface area (TPSA) is 53.0 Å². The Hall–Kier alpha value is -0.380. The molecule has 3 heteroatoms. The summed E-state index contributed by atoms with van der Waals surface area (Å²) in [5.41, 5.74) is 1.72. The first-order valence-corrected chi connectivity index (χ1v) is 11.2. The predicted molar refractivity (Wildman–Crippen MR) is 102 cm³/mol. The van der Waals surface area contributed by atoms with Crippen LogP contribution >= 0.6 is 0 Å². The summed E-state index contributed by atoms with van der Waals surface area (Å²) in [6.45, 7) is 7.14. The van der Waals surface area contributed by atoms with Gasteiger partial charge >= 0.3 is 0 Å². The summed E-state index contributed by atoms with van der Waals surface area (Å²) in [6.07, 6.45) is 11.0. The van der Waals surface area contributed by atoms with E-state index in [0.29, 0.717) is 35.7 Å². The molecule has 1 aliphatic heterocycles. The third-order valence-corrected chi connectivity index (χ3v) is 9.34. The van der Waals surface area contributed by atoms with Crippen LogP contribution in [0.15, 0.2) is 11.6 Å². The molecular weight excluding hydrogens is 324 g/mol. The highest BCUT2D eigenvalue weighted by Gasteiger charge is 2.73. The normalized spacial score (nSPS) is 55.9. The highest BCUT2D eigenvalue weighted by molar-refractivity contribution is 5.42. The van der Waals surface area contributed by atoms with Crippen LogP contribution in [-0.4, -0.2) is 34.1 Å². The number of fused-ring (bicyclic) bond motifs is 4. The van der Waals surface area contributed by atoms with Gasteiger partial charge < -0.3 is 14.9 Å². The fourth-order valence-electron chi connectivity index (χ4n) is 7.95. The molecule has 10 atom stereocenters. The smallest absolute Gasteiger partial charge is 0.119 e. The first-order chi connectivity index (χ1) is 12.4. The molecular formula is C23H36O3. The van der Waals surface area contributed by atoms with Gasteiger partial charge in [0.05, 0.1) is 18.3 Å². The van der Waals surface area contributed by atoms with E-state index in [1.54, 1.807) is 0 Å². The molecule has 26 heavy (non-hydrogen) atoms. The van der Waals surface area contributed by atoms with Crippen molar-refractivity contribution < 1.29 is 14.9 Å². The van der Waals surface area contributed by atoms with Gasteiger partial charge in [-0.1, -0.05) is 39.7 Å². The van der Waals surface area contributed by atoms with Crippen molar-refractivity contribution in [2.24, 2.45) is 35.0 Å². The van der Waals surface area contributed by atoms with Crippen LogP contribution in [0.2, 0.25) is 0 Å². The van der Waals surface area contributed by atoms with Crippen LogP contribution in [-0.2, 0) is 4.74 Å². The van der Waals surface area contributed by atoms with E-state index in [9.17, 15) is 10.2 Å². The Morgan fingerprint density at radius 1 is 1.27 bits per heavy atom. The van der Waals surface area contributed by atoms with Crippen molar-refractivity contribution in [3.63, 3.8) is 0 Å². The lowest BCUT2D eigenvalue weighted by molar-refractivity contribution is -0.119. The molecule has 0 bridgehead atoms. The van der Waals surface area contributed by atoms with Crippen molar-refractivity contribution in [3.8, 4) is 0 Å². The van der Waals surface area contributed by atoms with Crippen LogP contribution in [0.4, 0.5) is 0 Å². The fraction of sp³-hybridized carbons (Fsp3) is 0.913. The van der Waals surface area contributed by atoms with Gasteiger partial charge in [-0.25, -0.2) is 0 Å². The standard InChI is InChI=1S/C23H36O3/c1-4-5-13(2)16-6-7-17-21-18(12-20-23(16,17)26-20)22(3)9-8-15(24)10-14(22)11-19(21)25/h7,13-16,18-21,24-25H,4-6,8-12H2,1-3H3. The molecule has 0 aromatic carbocycles. The number of hydrogen-bond acceptors (Lipinski definition) is 3. The van der Waals surface area contributed by atoms with E-state index in [1.165, 1.54) is 18.4 Å². The van der Waals surface area contributed by atoms with Gasteiger partial charge in [-0.05, 0) is 67.3 Å². The Bertz CT molecular complexity index is 615. The lowest BCUT2D eigenvalue weighted by Crippen LogP contribution is -2.56. The van der Waals surface area contributed by atoms with Gasteiger partial charge in [0.25, 0.3) is 0 Å². The average molecular weight is 361 g/mol. The minimum absolute atomic E-state index is 0.0197. The van der Waals surface area contributed by atoms with Crippen LogP contribution in [0, 0.1) is 35.0 Å². The van der Waals surface area contributed by atoms with Crippen molar-refractivity contribution in [1.82, 2.24) is 0 Å². The zero-order valence-corrected chi connectivity index (χ0v) is 16.7. The number of ether oxygens (including phenoxy) is 1. The molecule has 4 fully saturated rings. The number of hydrogen-bond donors (Lipinski definition) is 2. The Kier molecular flexibility index (Phi) is 3.96. The maximum absolute atomic E-state index is 11.2. The van der Waals surface area contributed by atoms with Gasteiger partial charge in [-0.2, -0.15) is 0 Å². The Balaban J connectivity index is 1.46. The number of aliphatic hydroxyl groups is 2. The van der Waals surface area contributed by atoms with E-state index in [1.807, 2.05) is 0 Å². The summed E-state index contributed by atoms with van der Waals surface area (Å²) in [6, 6.07) is 0. The second-order valence-corrected chi connectivity index (χ2v) is 10.5. The minimum Gasteiger partial charge on any atom is -0.393 e. The predicted octanol–water partition coefficient (Wildman–Crippen LogP) is 4.07. The molecule has 1 spiro atoms. The molecule has 0 amide bonds. The van der Waals surface area contributed by atoms with Crippen LogP contribution in [0.25, 0.3) is 0 Å². The Labute approximate surface area is 158 Å². The number of rotatable bonds is 3. The lowest BCUT2D eigenvalue weighted by Gasteiger charge is -2.58. The number of allylic oxidation sites excluding steroid dienone is 1. The van der Waals surface area contributed by atoms with Gasteiger partial charge in [0.15, 0.2) is 0 Å². The quantitative estimate of drug-likeness (QED) is 0.589. The molecule has 0 aromatic heterocycles. The van der Waals surface area contributed by atoms with E-state index in [2.05, 4.69) is 26.8 Å². The van der Waals surface area contributed by atoms with E-state index >= 15 is 0 Å². The van der Waals surface area contributed by atoms with Crippen molar-refractivity contribution in [1.29, 1.82) is 0 Å². The summed E-state index contributed by atoms with van der Waals surface area (Å²) < 4.78 is 6.53. The van der Waals surface area contributed by atoms with Crippen LogP contribution in [0.3, 0.4) is 0 Å². The first-order valence-electron chi connectivity index (χ1n) is 11.2. The SMILES string of the molecule is CCCC(C)C1CC=C2C3C(O)CC4CC(O)CCC4(C)C3CC3OC231. The fourth-order valence-corrected chi connectivity index (χ4v) is 7.95. The largest absolute Gasteiger partial charge is 0.393 e. The molecule has 4 aliphatic carbocycles. The molecule has 0 aromatic rings. The van der Waals surface area contributed by atoms with Crippen molar-refractivity contribution >= 4 is 0 Å². The van der Waals surface area contributed by atoms with Gasteiger partial charge in [0.1, 0.15) is 5.60 Å². The monoisotopic (exact) mass is 360 g/mol. The van der Waals surface area contributed by atoms with E-state index < -0.39 is 0 Å². The lowest BCUT2D eigenvalue weighted by atomic mass is 9.47. The molecule has 10 unspecified atom stereocenters. The summed E-state index contributed by atoms with van der Waals surface area (Å²) in [7, 11) is 0. The Morgan fingerprint density at radius 3 is 2.85 bits per heavy atom. The molecule has 5 aliphatic rings. The maximum atomic E-state index is 11.2. The average Bonchev–Trinajstić information content (AvgIpc) is 3.19. The van der Waals surface area contributed by atoms with Crippen LogP contribution in [0.5, 0.6) is 0 Å². The van der Waals surface area contributed by atoms with Crippen molar-refractivity contribution in [2.45, 2.75) is 96.1 Å². The van der Waals surface area contributed by atoms with Crippen LogP contribution in [0.1, 0.15) is 72.1 Å². The van der Waals surface area contributed by atoms with Gasteiger partial charge in [-0.3, -0.25) is 0 Å². The van der Waals surface area contributed by atoms with Gasteiger partial charge in [-0.15, -0.1) is 0 Å². The van der Waals surface area contributed by atoms with E-state index in [0.717, 1.165) is 38.5 Å². The summed E-state index contributed by atoms with van der Waals surface area (Å²) >= 11 is 0. The maximum Gasteiger partial charge on any atom is 0.119 e. The number of epoxide rings is 1. The Morgan fingerprint density at radius 2 is 2.08 bits per heavy atom. The molecule has 5 rings (SSSR count). The molecule has 1 saturated heterocycles. The second-order valence-electron chi connectivity index (χ2n) is 10.5. The third-order valence-electron chi connectivity index (χ3n) is 9.34. The molecule has 0 radical (unpaired) electrons. The van der Waals surface area contributed by atoms with Gasteiger partial charge in [0, 0.05) is 11.8 Å². The van der Waals surface area contributed by atoms with Crippen molar-refractivity contribution in [3.05, 3.63) is 11.6 Å². The number of aliphatic hydroxyl groups excluding tert-OH is 2. The molecule has 146 valence electrons. The molecule has 1 heterocycles. The van der Waals surface area contributed by atoms with Crippen LogP contribution < -0.4 is 0 Å². The molecule has 3 saturated carbocycles. The summed E-state index contributed by atoms with van der Waals surface area (Å²) in [5.74, 6) is 2.60. The summed E-state index contributed by atoms with van der Waals surface area (Å²) in [4.78, 5) is 0. The second kappa shape index (κ2) is 5.81. The highest BCUT2D eigenvalue weighted by atomic mass is 16.6. The van der Waals surface area contributed by atoms with Gasteiger partial charge in [0.2, 0.25) is 0 Å². The first kappa shape index (κ1) is 17.7. The molecule has 2 N–H and O–H groups in total. The third kappa shape index (κ3) is 2.17. The van der Waals surface area contributed by atoms with Crippen molar-refractivity contribution in [2.75, 3.05) is 0 Å². The summed E-state index contributed by atoms with van der Waals surface area (Å²) in [5, 5.41) is 21.4. The van der Waals surface area contributed by atoms with E-state index in [-0.39, 0.29) is 23.2 Å².